The third-order valence-electron chi connectivity index (χ3n) is 7.24. The first-order chi connectivity index (χ1) is 18.6. The summed E-state index contributed by atoms with van der Waals surface area (Å²) in [5.41, 5.74) is 1.69. The summed E-state index contributed by atoms with van der Waals surface area (Å²) in [6.45, 7) is 6.54. The number of likely N-dealkylation sites (tertiary alicyclic amines) is 1. The van der Waals surface area contributed by atoms with Crippen LogP contribution >= 0.6 is 23.2 Å². The Bertz CT molecular complexity index is 1480. The molecule has 1 amide bonds. The standard InChI is InChI=1S/C31H31Cl2N3O3/c1-30(2,3)39-29(37)36-17-13-22(14-18-36)31(38,21-11-15-34-16-12-21)23-9-10-25-24(19-23)27(32)26(28(33)35-25)20-7-5-4-6-8-20/h4-12,15-16,19,22,38H,13-14,17-18H2,1-3H3. The average Bonchev–Trinajstić information content (AvgIpc) is 2.93. The van der Waals surface area contributed by atoms with Gasteiger partial charge in [-0.25, -0.2) is 9.78 Å². The number of benzene rings is 2. The zero-order valence-electron chi connectivity index (χ0n) is 22.2. The summed E-state index contributed by atoms with van der Waals surface area (Å²) < 4.78 is 5.57. The summed E-state index contributed by atoms with van der Waals surface area (Å²) in [6, 6.07) is 19.0. The van der Waals surface area contributed by atoms with Crippen LogP contribution in [0.5, 0.6) is 0 Å². The SMILES string of the molecule is CC(C)(C)OC(=O)N1CCC(C(O)(c2ccncc2)c2ccc3nc(Cl)c(-c4ccccc4)c(Cl)c3c2)CC1. The number of amides is 1. The topological polar surface area (TPSA) is 75.5 Å². The molecule has 39 heavy (non-hydrogen) atoms. The second-order valence-corrected chi connectivity index (χ2v) is 11.7. The maximum atomic E-state index is 12.7. The number of ether oxygens (including phenoxy) is 1. The number of piperidine rings is 1. The van der Waals surface area contributed by atoms with Crippen molar-refractivity contribution in [3.63, 3.8) is 0 Å². The van der Waals surface area contributed by atoms with Crippen molar-refractivity contribution in [2.24, 2.45) is 5.92 Å². The van der Waals surface area contributed by atoms with Crippen LogP contribution in [0.2, 0.25) is 10.2 Å². The van der Waals surface area contributed by atoms with Crippen molar-refractivity contribution in [2.75, 3.05) is 13.1 Å². The molecule has 1 fully saturated rings. The predicted octanol–water partition coefficient (Wildman–Crippen LogP) is 7.49. The van der Waals surface area contributed by atoms with E-state index in [0.29, 0.717) is 58.1 Å². The number of halogens is 2. The van der Waals surface area contributed by atoms with Crippen LogP contribution in [0.4, 0.5) is 4.79 Å². The highest BCUT2D eigenvalue weighted by Crippen LogP contribution is 2.45. The molecule has 5 rings (SSSR count). The Balaban J connectivity index is 1.55. The van der Waals surface area contributed by atoms with Crippen LogP contribution in [-0.2, 0) is 10.3 Å². The molecule has 4 aromatic rings. The van der Waals surface area contributed by atoms with Crippen LogP contribution in [0, 0.1) is 5.92 Å². The van der Waals surface area contributed by atoms with E-state index in [-0.39, 0.29) is 12.0 Å². The van der Waals surface area contributed by atoms with Gasteiger partial charge in [0.2, 0.25) is 0 Å². The molecule has 0 saturated carbocycles. The van der Waals surface area contributed by atoms with Gasteiger partial charge in [-0.1, -0.05) is 59.6 Å². The molecule has 1 saturated heterocycles. The molecule has 2 aromatic heterocycles. The first kappa shape index (κ1) is 27.4. The lowest BCUT2D eigenvalue weighted by atomic mass is 9.72. The van der Waals surface area contributed by atoms with Crippen LogP contribution in [0.1, 0.15) is 44.7 Å². The summed E-state index contributed by atoms with van der Waals surface area (Å²) >= 11 is 13.5. The lowest BCUT2D eigenvalue weighted by molar-refractivity contribution is -0.0237. The Kier molecular flexibility index (Phi) is 7.55. The molecule has 0 bridgehead atoms. The van der Waals surface area contributed by atoms with E-state index in [1.807, 2.05) is 81.4 Å². The normalized spacial score (nSPS) is 16.2. The van der Waals surface area contributed by atoms with Gasteiger partial charge in [0.05, 0.1) is 10.5 Å². The van der Waals surface area contributed by atoms with Gasteiger partial charge in [0.25, 0.3) is 0 Å². The summed E-state index contributed by atoms with van der Waals surface area (Å²) in [5, 5.41) is 14.0. The Hall–Kier alpha value is -3.19. The monoisotopic (exact) mass is 563 g/mol. The van der Waals surface area contributed by atoms with Gasteiger partial charge in [-0.05, 0) is 80.5 Å². The van der Waals surface area contributed by atoms with Crippen LogP contribution < -0.4 is 0 Å². The highest BCUT2D eigenvalue weighted by molar-refractivity contribution is 6.42. The van der Waals surface area contributed by atoms with E-state index in [4.69, 9.17) is 27.9 Å². The molecule has 8 heteroatoms. The number of pyridine rings is 2. The molecule has 3 heterocycles. The molecule has 1 aliphatic heterocycles. The molecule has 0 aliphatic carbocycles. The average molecular weight is 565 g/mol. The second-order valence-electron chi connectivity index (χ2n) is 10.9. The van der Waals surface area contributed by atoms with Crippen LogP contribution in [0.15, 0.2) is 73.1 Å². The molecule has 2 aromatic carbocycles. The minimum absolute atomic E-state index is 0.163. The Morgan fingerprint density at radius 1 is 0.974 bits per heavy atom. The molecule has 1 atom stereocenters. The minimum Gasteiger partial charge on any atom is -0.444 e. The highest BCUT2D eigenvalue weighted by Gasteiger charge is 2.43. The van der Waals surface area contributed by atoms with Crippen LogP contribution in [0.3, 0.4) is 0 Å². The maximum Gasteiger partial charge on any atom is 0.410 e. The molecule has 202 valence electrons. The summed E-state index contributed by atoms with van der Waals surface area (Å²) in [6.07, 6.45) is 4.22. The number of carbonyl (C=O) groups excluding carboxylic acids is 1. The largest absolute Gasteiger partial charge is 0.444 e. The van der Waals surface area contributed by atoms with E-state index >= 15 is 0 Å². The van der Waals surface area contributed by atoms with Crippen LogP contribution in [0.25, 0.3) is 22.0 Å². The molecule has 0 spiro atoms. The fourth-order valence-electron chi connectivity index (χ4n) is 5.33. The van der Waals surface area contributed by atoms with E-state index in [1.54, 1.807) is 17.3 Å². The molecular formula is C31H31Cl2N3O3. The lowest BCUT2D eigenvalue weighted by Gasteiger charge is -2.42. The number of carbonyl (C=O) groups is 1. The number of fused-ring (bicyclic) bond motifs is 1. The lowest BCUT2D eigenvalue weighted by Crippen LogP contribution is -2.47. The smallest absolute Gasteiger partial charge is 0.410 e. The molecule has 1 N–H and O–H groups in total. The number of hydrogen-bond acceptors (Lipinski definition) is 5. The van der Waals surface area contributed by atoms with Crippen molar-refractivity contribution in [3.8, 4) is 11.1 Å². The molecule has 0 radical (unpaired) electrons. The van der Waals surface area contributed by atoms with Gasteiger partial charge in [0.1, 0.15) is 16.4 Å². The Morgan fingerprint density at radius 2 is 1.64 bits per heavy atom. The van der Waals surface area contributed by atoms with Crippen molar-refractivity contribution in [3.05, 3.63) is 94.4 Å². The Labute approximate surface area is 238 Å². The van der Waals surface area contributed by atoms with E-state index in [2.05, 4.69) is 9.97 Å². The van der Waals surface area contributed by atoms with Crippen LogP contribution in [-0.4, -0.2) is 44.8 Å². The zero-order valence-corrected chi connectivity index (χ0v) is 23.7. The van der Waals surface area contributed by atoms with Gasteiger partial charge in [-0.15, -0.1) is 0 Å². The first-order valence-electron chi connectivity index (χ1n) is 13.0. The minimum atomic E-state index is -1.34. The van der Waals surface area contributed by atoms with Crippen molar-refractivity contribution in [1.82, 2.24) is 14.9 Å². The molecule has 6 nitrogen and oxygen atoms in total. The first-order valence-corrected chi connectivity index (χ1v) is 13.8. The number of nitrogens with zero attached hydrogens (tertiary/aromatic N) is 3. The quantitative estimate of drug-likeness (QED) is 0.260. The van der Waals surface area contributed by atoms with Gasteiger partial charge in [0, 0.05) is 36.4 Å². The molecule has 1 unspecified atom stereocenters. The van der Waals surface area contributed by atoms with Crippen molar-refractivity contribution < 1.29 is 14.6 Å². The predicted molar refractivity (Wildman–Crippen MR) is 155 cm³/mol. The number of aromatic nitrogens is 2. The third kappa shape index (κ3) is 5.46. The summed E-state index contributed by atoms with van der Waals surface area (Å²) in [7, 11) is 0. The second kappa shape index (κ2) is 10.8. The number of aliphatic hydroxyl groups is 1. The van der Waals surface area contributed by atoms with Gasteiger partial charge in [-0.2, -0.15) is 0 Å². The van der Waals surface area contributed by atoms with Gasteiger partial charge in [0.15, 0.2) is 0 Å². The number of rotatable bonds is 4. The van der Waals surface area contributed by atoms with Gasteiger partial charge >= 0.3 is 6.09 Å². The third-order valence-corrected chi connectivity index (χ3v) is 7.90. The van der Waals surface area contributed by atoms with Gasteiger partial charge < -0.3 is 14.7 Å². The maximum absolute atomic E-state index is 12.7. The number of hydrogen-bond donors (Lipinski definition) is 1. The van der Waals surface area contributed by atoms with E-state index in [1.165, 1.54) is 0 Å². The van der Waals surface area contributed by atoms with E-state index < -0.39 is 11.2 Å². The molecular weight excluding hydrogens is 533 g/mol. The summed E-state index contributed by atoms with van der Waals surface area (Å²) in [5.74, 6) is -0.163. The fourth-order valence-corrected chi connectivity index (χ4v) is 6.03. The fraction of sp³-hybridized carbons (Fsp3) is 0.323. The molecule has 1 aliphatic rings. The zero-order chi connectivity index (χ0) is 27.8. The van der Waals surface area contributed by atoms with Crippen molar-refractivity contribution >= 4 is 40.2 Å². The Morgan fingerprint density at radius 3 is 2.28 bits per heavy atom. The van der Waals surface area contributed by atoms with E-state index in [0.717, 1.165) is 11.1 Å². The van der Waals surface area contributed by atoms with Gasteiger partial charge in [-0.3, -0.25) is 4.98 Å². The van der Waals surface area contributed by atoms with Crippen molar-refractivity contribution in [1.29, 1.82) is 0 Å². The van der Waals surface area contributed by atoms with E-state index in [9.17, 15) is 9.90 Å². The highest BCUT2D eigenvalue weighted by atomic mass is 35.5. The van der Waals surface area contributed by atoms with Crippen molar-refractivity contribution in [2.45, 2.75) is 44.8 Å². The summed E-state index contributed by atoms with van der Waals surface area (Å²) in [4.78, 5) is 23.2.